The first-order chi connectivity index (χ1) is 12.5. The predicted octanol–water partition coefficient (Wildman–Crippen LogP) is 1.31. The number of aromatic nitrogens is 2. The normalized spacial score (nSPS) is 13.0. The fourth-order valence-electron chi connectivity index (χ4n) is 3.02. The molecular formula is C18H16N4O4. The van der Waals surface area contributed by atoms with Crippen molar-refractivity contribution in [3.05, 3.63) is 52.9 Å². The van der Waals surface area contributed by atoms with Crippen LogP contribution in [-0.2, 0) is 23.2 Å². The van der Waals surface area contributed by atoms with Gasteiger partial charge in [0.2, 0.25) is 5.91 Å². The van der Waals surface area contributed by atoms with Crippen molar-refractivity contribution >= 4 is 34.2 Å². The van der Waals surface area contributed by atoms with E-state index in [0.717, 1.165) is 5.52 Å². The van der Waals surface area contributed by atoms with Crippen LogP contribution < -0.4 is 21.1 Å². The zero-order valence-corrected chi connectivity index (χ0v) is 14.0. The first-order valence-corrected chi connectivity index (χ1v) is 8.04. The highest BCUT2D eigenvalue weighted by Crippen LogP contribution is 2.30. The monoisotopic (exact) mass is 352 g/mol. The van der Waals surface area contributed by atoms with Gasteiger partial charge in [0.1, 0.15) is 12.3 Å². The average molecular weight is 352 g/mol. The van der Waals surface area contributed by atoms with Gasteiger partial charge in [0.05, 0.1) is 16.7 Å². The molecule has 0 spiro atoms. The summed E-state index contributed by atoms with van der Waals surface area (Å²) < 4.78 is 8.22. The number of hydrogen-bond acceptors (Lipinski definition) is 4. The fourth-order valence-corrected chi connectivity index (χ4v) is 3.02. The minimum absolute atomic E-state index is 0.0251. The van der Waals surface area contributed by atoms with Crippen LogP contribution in [0, 0.1) is 0 Å². The van der Waals surface area contributed by atoms with E-state index in [2.05, 4.69) is 10.6 Å². The van der Waals surface area contributed by atoms with E-state index in [1.807, 2.05) is 18.2 Å². The minimum Gasteiger partial charge on any atom is -0.482 e. The largest absolute Gasteiger partial charge is 0.482 e. The minimum atomic E-state index is -0.341. The smallest absolute Gasteiger partial charge is 0.329 e. The van der Waals surface area contributed by atoms with Crippen molar-refractivity contribution < 1.29 is 14.3 Å². The first-order valence-electron chi connectivity index (χ1n) is 8.04. The first kappa shape index (κ1) is 15.9. The van der Waals surface area contributed by atoms with Crippen molar-refractivity contribution in [3.63, 3.8) is 0 Å². The van der Waals surface area contributed by atoms with Gasteiger partial charge in [0.25, 0.3) is 5.91 Å². The zero-order valence-electron chi connectivity index (χ0n) is 14.0. The van der Waals surface area contributed by atoms with E-state index >= 15 is 0 Å². The Bertz CT molecular complexity index is 1100. The molecule has 2 aromatic carbocycles. The number of anilines is 2. The maximum absolute atomic E-state index is 12.4. The Labute approximate surface area is 148 Å². The standard InChI is InChI=1S/C18H16N4O4/c1-21-13-4-2-3-5-14(13)22(18(21)25)9-16(23)19-11-6-7-15-12(8-11)20-17(24)10-26-15/h2-8H,9-10H2,1H3,(H,19,23)(H,20,24). The Morgan fingerprint density at radius 1 is 1.19 bits per heavy atom. The third-order valence-corrected chi connectivity index (χ3v) is 4.25. The number of rotatable bonds is 3. The van der Waals surface area contributed by atoms with E-state index in [0.29, 0.717) is 22.6 Å². The summed E-state index contributed by atoms with van der Waals surface area (Å²) in [5, 5.41) is 5.43. The van der Waals surface area contributed by atoms with Gasteiger partial charge in [-0.2, -0.15) is 0 Å². The lowest BCUT2D eigenvalue weighted by molar-refractivity contribution is -0.118. The quantitative estimate of drug-likeness (QED) is 0.743. The van der Waals surface area contributed by atoms with Crippen LogP contribution in [0.4, 0.5) is 11.4 Å². The van der Waals surface area contributed by atoms with Crippen LogP contribution >= 0.6 is 0 Å². The lowest BCUT2D eigenvalue weighted by atomic mass is 10.2. The van der Waals surface area contributed by atoms with Crippen molar-refractivity contribution in [3.8, 4) is 5.75 Å². The molecule has 2 heterocycles. The summed E-state index contributed by atoms with van der Waals surface area (Å²) in [6, 6.07) is 12.3. The molecule has 0 atom stereocenters. The number of amides is 2. The second-order valence-corrected chi connectivity index (χ2v) is 6.01. The summed E-state index contributed by atoms with van der Waals surface area (Å²) in [5.41, 5.74) is 2.21. The lowest BCUT2D eigenvalue weighted by Gasteiger charge is -2.18. The second kappa shape index (κ2) is 6.07. The zero-order chi connectivity index (χ0) is 18.3. The summed E-state index contributed by atoms with van der Waals surface area (Å²) in [5.74, 6) is -0.0392. The molecule has 4 rings (SSSR count). The van der Waals surface area contributed by atoms with Crippen LogP contribution in [-0.4, -0.2) is 27.6 Å². The molecule has 132 valence electrons. The summed E-state index contributed by atoms with van der Waals surface area (Å²) >= 11 is 0. The number of benzene rings is 2. The van der Waals surface area contributed by atoms with E-state index in [1.54, 1.807) is 31.3 Å². The van der Waals surface area contributed by atoms with Crippen LogP contribution in [0.3, 0.4) is 0 Å². The molecule has 0 saturated carbocycles. The molecule has 0 unspecified atom stereocenters. The Hall–Kier alpha value is -3.55. The van der Waals surface area contributed by atoms with Gasteiger partial charge < -0.3 is 15.4 Å². The topological polar surface area (TPSA) is 94.4 Å². The number of nitrogens with zero attached hydrogens (tertiary/aromatic N) is 2. The van der Waals surface area contributed by atoms with Gasteiger partial charge in [0.15, 0.2) is 6.61 Å². The molecule has 2 N–H and O–H groups in total. The number of hydrogen-bond donors (Lipinski definition) is 2. The highest BCUT2D eigenvalue weighted by Gasteiger charge is 2.17. The number of ether oxygens (including phenoxy) is 1. The van der Waals surface area contributed by atoms with Crippen molar-refractivity contribution in [2.45, 2.75) is 6.54 Å². The Morgan fingerprint density at radius 2 is 1.96 bits per heavy atom. The molecule has 0 bridgehead atoms. The summed E-state index contributed by atoms with van der Waals surface area (Å²) in [7, 11) is 1.67. The SMILES string of the molecule is Cn1c(=O)n(CC(=O)Nc2ccc3c(c2)NC(=O)CO3)c2ccccc21. The Morgan fingerprint density at radius 3 is 2.77 bits per heavy atom. The summed E-state index contributed by atoms with van der Waals surface area (Å²) in [6.45, 7) is -0.136. The van der Waals surface area contributed by atoms with Gasteiger partial charge in [-0.1, -0.05) is 12.1 Å². The molecule has 0 radical (unpaired) electrons. The summed E-state index contributed by atoms with van der Waals surface area (Å²) in [6.07, 6.45) is 0. The van der Waals surface area contributed by atoms with E-state index in [4.69, 9.17) is 4.74 Å². The molecule has 26 heavy (non-hydrogen) atoms. The van der Waals surface area contributed by atoms with E-state index in [-0.39, 0.29) is 30.7 Å². The van der Waals surface area contributed by atoms with Crippen LogP contribution in [0.15, 0.2) is 47.3 Å². The van der Waals surface area contributed by atoms with Gasteiger partial charge >= 0.3 is 5.69 Å². The van der Waals surface area contributed by atoms with Gasteiger partial charge in [-0.05, 0) is 30.3 Å². The molecule has 0 saturated heterocycles. The molecule has 0 fully saturated rings. The lowest BCUT2D eigenvalue weighted by Crippen LogP contribution is -2.28. The maximum Gasteiger partial charge on any atom is 0.329 e. The number of carbonyl (C=O) groups is 2. The maximum atomic E-state index is 12.4. The molecule has 1 aliphatic rings. The highest BCUT2D eigenvalue weighted by atomic mass is 16.5. The Kier molecular flexibility index (Phi) is 3.72. The molecule has 8 heteroatoms. The van der Waals surface area contributed by atoms with Gasteiger partial charge in [0, 0.05) is 12.7 Å². The molecule has 1 aromatic heterocycles. The molecule has 2 amide bonds. The molecule has 3 aromatic rings. The molecule has 8 nitrogen and oxygen atoms in total. The van der Waals surface area contributed by atoms with Crippen molar-refractivity contribution in [1.29, 1.82) is 0 Å². The number of imidazole rings is 1. The third-order valence-electron chi connectivity index (χ3n) is 4.25. The van der Waals surface area contributed by atoms with Gasteiger partial charge in [-0.15, -0.1) is 0 Å². The van der Waals surface area contributed by atoms with Gasteiger partial charge in [-0.25, -0.2) is 4.79 Å². The fraction of sp³-hybridized carbons (Fsp3) is 0.167. The van der Waals surface area contributed by atoms with E-state index in [1.165, 1.54) is 9.13 Å². The molecule has 1 aliphatic heterocycles. The van der Waals surface area contributed by atoms with Gasteiger partial charge in [-0.3, -0.25) is 18.7 Å². The van der Waals surface area contributed by atoms with Crippen LogP contribution in [0.1, 0.15) is 0 Å². The van der Waals surface area contributed by atoms with Crippen LogP contribution in [0.2, 0.25) is 0 Å². The van der Waals surface area contributed by atoms with Crippen molar-refractivity contribution in [1.82, 2.24) is 9.13 Å². The number of carbonyl (C=O) groups excluding carboxylic acids is 2. The highest BCUT2D eigenvalue weighted by molar-refractivity contribution is 5.97. The predicted molar refractivity (Wildman–Crippen MR) is 96.4 cm³/mol. The number of nitrogens with one attached hydrogen (secondary N) is 2. The number of para-hydroxylation sites is 2. The summed E-state index contributed by atoms with van der Waals surface area (Å²) in [4.78, 5) is 36.2. The van der Waals surface area contributed by atoms with Crippen LogP contribution in [0.5, 0.6) is 5.75 Å². The average Bonchev–Trinajstić information content (AvgIpc) is 2.87. The number of fused-ring (bicyclic) bond motifs is 2. The van der Waals surface area contributed by atoms with E-state index in [9.17, 15) is 14.4 Å². The third kappa shape index (κ3) is 2.71. The molecule has 0 aliphatic carbocycles. The van der Waals surface area contributed by atoms with E-state index < -0.39 is 0 Å². The molecular weight excluding hydrogens is 336 g/mol. The number of aryl methyl sites for hydroxylation is 1. The van der Waals surface area contributed by atoms with Crippen LogP contribution in [0.25, 0.3) is 11.0 Å². The second-order valence-electron chi connectivity index (χ2n) is 6.01. The van der Waals surface area contributed by atoms with Crippen molar-refractivity contribution in [2.24, 2.45) is 7.05 Å². The van der Waals surface area contributed by atoms with Crippen molar-refractivity contribution in [2.75, 3.05) is 17.2 Å². The Balaban J connectivity index is 1.57.